The third-order valence-corrected chi connectivity index (χ3v) is 4.31. The smallest absolute Gasteiger partial charge is 0.148 e. The van der Waals surface area contributed by atoms with E-state index in [1.807, 2.05) is 18.2 Å². The molecule has 1 aliphatic carbocycles. The van der Waals surface area contributed by atoms with Crippen molar-refractivity contribution in [3.63, 3.8) is 0 Å². The second-order valence-corrected chi connectivity index (χ2v) is 5.12. The Morgan fingerprint density at radius 1 is 1.29 bits per heavy atom. The normalized spacial score (nSPS) is 30.0. The van der Waals surface area contributed by atoms with Crippen molar-refractivity contribution in [1.29, 1.82) is 0 Å². The van der Waals surface area contributed by atoms with E-state index in [4.69, 9.17) is 0 Å². The molecule has 3 atom stereocenters. The lowest BCUT2D eigenvalue weighted by Crippen LogP contribution is -2.03. The number of benzene rings is 1. The Kier molecular flexibility index (Phi) is 3.07. The minimum absolute atomic E-state index is 0.164. The molecule has 1 aromatic rings. The molecule has 1 aromatic carbocycles. The van der Waals surface area contributed by atoms with Crippen LogP contribution < -0.4 is 0 Å². The molecule has 0 aliphatic heterocycles. The minimum Gasteiger partial charge on any atom is -0.298 e. The molecule has 0 heterocycles. The number of hydrogen-bond donors (Lipinski definition) is 0. The van der Waals surface area contributed by atoms with Crippen LogP contribution in [0.5, 0.6) is 0 Å². The van der Waals surface area contributed by atoms with Crippen LogP contribution in [0.4, 0.5) is 0 Å². The van der Waals surface area contributed by atoms with E-state index >= 15 is 0 Å². The zero-order chi connectivity index (χ0) is 10.1. The van der Waals surface area contributed by atoms with Crippen LogP contribution in [-0.2, 0) is 4.79 Å². The average molecular weight is 318 g/mol. The molecule has 1 aliphatic rings. The van der Waals surface area contributed by atoms with Gasteiger partial charge in [0.1, 0.15) is 5.78 Å². The van der Waals surface area contributed by atoms with Crippen LogP contribution in [0.25, 0.3) is 0 Å². The maximum atomic E-state index is 11.5. The van der Waals surface area contributed by atoms with Gasteiger partial charge in [-0.2, -0.15) is 0 Å². The number of carbonyl (C=O) groups is 1. The quantitative estimate of drug-likeness (QED) is 0.783. The van der Waals surface area contributed by atoms with Gasteiger partial charge in [0, 0.05) is 16.7 Å². The summed E-state index contributed by atoms with van der Waals surface area (Å²) in [5, 5.41) is 0.461. The number of Topliss-reactive ketones (excluding diaryl/α,β-unsaturated/α-hetero) is 1. The summed E-state index contributed by atoms with van der Waals surface area (Å²) in [6.45, 7) is 0. The predicted octanol–water partition coefficient (Wildman–Crippen LogP) is 3.13. The zero-order valence-corrected chi connectivity index (χ0v) is 10.7. The van der Waals surface area contributed by atoms with E-state index in [1.54, 1.807) is 0 Å². The first kappa shape index (κ1) is 10.4. The maximum Gasteiger partial charge on any atom is 0.148 e. The summed E-state index contributed by atoms with van der Waals surface area (Å²) < 4.78 is 0. The number of hydrogen-bond acceptors (Lipinski definition) is 1. The highest BCUT2D eigenvalue weighted by molar-refractivity contribution is 9.10. The van der Waals surface area contributed by atoms with Gasteiger partial charge < -0.3 is 0 Å². The van der Waals surface area contributed by atoms with Crippen LogP contribution in [0, 0.1) is 5.92 Å². The van der Waals surface area contributed by atoms with E-state index in [0.717, 1.165) is 0 Å². The summed E-state index contributed by atoms with van der Waals surface area (Å²) in [4.78, 5) is 11.8. The molecule has 0 aromatic heterocycles. The predicted molar refractivity (Wildman–Crippen MR) is 64.2 cm³/mol. The van der Waals surface area contributed by atoms with Crippen molar-refractivity contribution in [3.05, 3.63) is 35.9 Å². The van der Waals surface area contributed by atoms with E-state index in [-0.39, 0.29) is 5.92 Å². The highest BCUT2D eigenvalue weighted by atomic mass is 79.9. The minimum atomic E-state index is 0.164. The highest BCUT2D eigenvalue weighted by Crippen LogP contribution is 2.53. The molecule has 0 saturated heterocycles. The first-order valence-corrected chi connectivity index (χ1v) is 6.57. The fourth-order valence-corrected chi connectivity index (χ4v) is 3.26. The van der Waals surface area contributed by atoms with Gasteiger partial charge >= 0.3 is 0 Å². The second-order valence-electron chi connectivity index (χ2n) is 3.51. The van der Waals surface area contributed by atoms with E-state index in [1.165, 1.54) is 5.56 Å². The molecule has 1 nitrogen and oxygen atoms in total. The highest BCUT2D eigenvalue weighted by Gasteiger charge is 2.52. The summed E-state index contributed by atoms with van der Waals surface area (Å²) in [5.74, 6) is 0.832. The molecule has 1 saturated carbocycles. The molecule has 0 amide bonds. The summed E-state index contributed by atoms with van der Waals surface area (Å²) in [5.41, 5.74) is 1.26. The van der Waals surface area contributed by atoms with Gasteiger partial charge in [0.2, 0.25) is 0 Å². The average Bonchev–Trinajstić information content (AvgIpc) is 2.90. The monoisotopic (exact) mass is 316 g/mol. The Morgan fingerprint density at radius 3 is 2.50 bits per heavy atom. The number of rotatable bonds is 3. The van der Waals surface area contributed by atoms with Crippen LogP contribution in [-0.4, -0.2) is 15.9 Å². The van der Waals surface area contributed by atoms with E-state index < -0.39 is 0 Å². The van der Waals surface area contributed by atoms with Crippen molar-refractivity contribution in [2.45, 2.75) is 10.7 Å². The van der Waals surface area contributed by atoms with Crippen molar-refractivity contribution in [2.24, 2.45) is 5.92 Å². The summed E-state index contributed by atoms with van der Waals surface area (Å²) in [6, 6.07) is 10.2. The fraction of sp³-hybridized carbons (Fsp3) is 0.364. The maximum absolute atomic E-state index is 11.5. The first-order chi connectivity index (χ1) is 6.75. The first-order valence-electron chi connectivity index (χ1n) is 4.53. The molecule has 1 fully saturated rings. The Morgan fingerprint density at radius 2 is 1.93 bits per heavy atom. The van der Waals surface area contributed by atoms with Crippen LogP contribution in [0.1, 0.15) is 11.5 Å². The third-order valence-electron chi connectivity index (χ3n) is 2.62. The molecule has 0 bridgehead atoms. The summed E-state index contributed by atoms with van der Waals surface area (Å²) in [6.07, 6.45) is 0. The number of alkyl halides is 2. The van der Waals surface area contributed by atoms with Crippen molar-refractivity contribution in [1.82, 2.24) is 0 Å². The Bertz CT molecular complexity index is 336. The molecule has 0 spiro atoms. The van der Waals surface area contributed by atoms with Gasteiger partial charge in [-0.05, 0) is 5.56 Å². The topological polar surface area (TPSA) is 17.1 Å². The van der Waals surface area contributed by atoms with E-state index in [0.29, 0.717) is 21.9 Å². The third kappa shape index (κ3) is 1.80. The number of carbonyl (C=O) groups excluding carboxylic acids is 1. The molecular weight excluding hydrogens is 308 g/mol. The van der Waals surface area contributed by atoms with Crippen molar-refractivity contribution in [2.75, 3.05) is 5.33 Å². The molecule has 14 heavy (non-hydrogen) atoms. The Balaban J connectivity index is 2.13. The van der Waals surface area contributed by atoms with Gasteiger partial charge in [0.15, 0.2) is 0 Å². The number of halogens is 2. The zero-order valence-electron chi connectivity index (χ0n) is 7.49. The van der Waals surface area contributed by atoms with Gasteiger partial charge in [0.25, 0.3) is 0 Å². The molecule has 0 N–H and O–H groups in total. The molecule has 0 radical (unpaired) electrons. The molecule has 2 rings (SSSR count). The summed E-state index contributed by atoms with van der Waals surface area (Å²) in [7, 11) is 0. The standard InChI is InChI=1S/C11H10Br2O/c12-6-8(14)10-9(11(10)13)7-4-2-1-3-5-7/h1-5,9-11H,6H2/t9-,10-,11-/m1/s1. The lowest BCUT2D eigenvalue weighted by molar-refractivity contribution is -0.117. The lowest BCUT2D eigenvalue weighted by Gasteiger charge is -1.96. The van der Waals surface area contributed by atoms with Crippen molar-refractivity contribution < 1.29 is 4.79 Å². The molecule has 3 heteroatoms. The van der Waals surface area contributed by atoms with Crippen LogP contribution in [0.2, 0.25) is 0 Å². The van der Waals surface area contributed by atoms with Crippen molar-refractivity contribution in [3.8, 4) is 0 Å². The molecule has 74 valence electrons. The van der Waals surface area contributed by atoms with Gasteiger partial charge in [-0.3, -0.25) is 4.79 Å². The van der Waals surface area contributed by atoms with Gasteiger partial charge in [-0.15, -0.1) is 0 Å². The second kappa shape index (κ2) is 4.15. The van der Waals surface area contributed by atoms with E-state index in [2.05, 4.69) is 44.0 Å². The van der Waals surface area contributed by atoms with Gasteiger partial charge in [-0.25, -0.2) is 0 Å². The van der Waals surface area contributed by atoms with Gasteiger partial charge in [-0.1, -0.05) is 62.2 Å². The largest absolute Gasteiger partial charge is 0.298 e. The van der Waals surface area contributed by atoms with Gasteiger partial charge in [0.05, 0.1) is 5.33 Å². The molecular formula is C11H10Br2O. The Labute approximate surface area is 100 Å². The van der Waals surface area contributed by atoms with Crippen molar-refractivity contribution >= 4 is 37.6 Å². The van der Waals surface area contributed by atoms with Crippen LogP contribution in [0.15, 0.2) is 30.3 Å². The SMILES string of the molecule is O=C(CBr)[C@H]1[C@H](Br)[C@@H]1c1ccccc1. The van der Waals surface area contributed by atoms with Crippen LogP contribution >= 0.6 is 31.9 Å². The fourth-order valence-electron chi connectivity index (χ4n) is 1.81. The van der Waals surface area contributed by atoms with E-state index in [9.17, 15) is 4.79 Å². The summed E-state index contributed by atoms with van der Waals surface area (Å²) >= 11 is 6.76. The Hall–Kier alpha value is -0.150. The van der Waals surface area contributed by atoms with Crippen LogP contribution in [0.3, 0.4) is 0 Å². The lowest BCUT2D eigenvalue weighted by atomic mass is 10.1. The molecule has 0 unspecified atom stereocenters. The number of ketones is 1.